The number of anilines is 3. The van der Waals surface area contributed by atoms with Crippen molar-refractivity contribution in [2.75, 3.05) is 74.6 Å². The number of aliphatic hydroxyl groups excluding tert-OH is 1. The van der Waals surface area contributed by atoms with E-state index in [1.807, 2.05) is 42.5 Å². The van der Waals surface area contributed by atoms with Crippen LogP contribution in [0.25, 0.3) is 22.5 Å². The minimum atomic E-state index is -0.335. The van der Waals surface area contributed by atoms with Crippen LogP contribution < -0.4 is 15.1 Å². The lowest BCUT2D eigenvalue weighted by atomic mass is 9.96. The molecule has 2 saturated heterocycles. The molecular formula is C30H32Cl2N4O3. The van der Waals surface area contributed by atoms with Gasteiger partial charge in [-0.1, -0.05) is 35.9 Å². The van der Waals surface area contributed by atoms with Crippen LogP contribution in [0.2, 0.25) is 5.02 Å². The van der Waals surface area contributed by atoms with Crippen molar-refractivity contribution in [1.29, 1.82) is 0 Å². The van der Waals surface area contributed by atoms with Crippen LogP contribution in [0.1, 0.15) is 11.1 Å². The molecule has 3 heterocycles. The van der Waals surface area contributed by atoms with Gasteiger partial charge in [0.25, 0.3) is 5.91 Å². The first-order chi connectivity index (χ1) is 18.5. The third-order valence-electron chi connectivity index (χ3n) is 7.63. The van der Waals surface area contributed by atoms with E-state index in [0.29, 0.717) is 21.8 Å². The molecule has 1 amide bonds. The molecule has 39 heavy (non-hydrogen) atoms. The molecule has 3 aliphatic rings. The van der Waals surface area contributed by atoms with Crippen LogP contribution in [0.15, 0.2) is 60.7 Å². The van der Waals surface area contributed by atoms with E-state index >= 15 is 0 Å². The SMILES string of the molecule is CN1CCN(c2cccc(C(O)=C3C(=O)Nc4cc(Cl)c(-c5ccc(N6CCOCC6)cc5)cc43)c2)CC1.Cl. The number of fused-ring (bicyclic) bond motifs is 1. The lowest BCUT2D eigenvalue weighted by Crippen LogP contribution is -2.44. The topological polar surface area (TPSA) is 68.3 Å². The first kappa shape index (κ1) is 27.3. The van der Waals surface area contributed by atoms with Crippen molar-refractivity contribution in [1.82, 2.24) is 4.90 Å². The van der Waals surface area contributed by atoms with Gasteiger partial charge < -0.3 is 29.9 Å². The van der Waals surface area contributed by atoms with Gasteiger partial charge in [-0.15, -0.1) is 12.4 Å². The maximum atomic E-state index is 13.0. The second-order valence-corrected chi connectivity index (χ2v) is 10.4. The summed E-state index contributed by atoms with van der Waals surface area (Å²) in [5.41, 5.74) is 6.07. The van der Waals surface area contributed by atoms with Gasteiger partial charge in [0.2, 0.25) is 0 Å². The zero-order valence-electron chi connectivity index (χ0n) is 21.8. The molecule has 2 N–H and O–H groups in total. The van der Waals surface area contributed by atoms with Crippen molar-refractivity contribution in [3.8, 4) is 11.1 Å². The van der Waals surface area contributed by atoms with Crippen LogP contribution >= 0.6 is 24.0 Å². The number of aliphatic hydroxyl groups is 1. The van der Waals surface area contributed by atoms with E-state index < -0.39 is 0 Å². The Kier molecular flexibility index (Phi) is 8.05. The summed E-state index contributed by atoms with van der Waals surface area (Å²) in [6.07, 6.45) is 0. The predicted octanol–water partition coefficient (Wildman–Crippen LogP) is 5.40. The molecule has 2 fully saturated rings. The third kappa shape index (κ3) is 5.45. The second kappa shape index (κ2) is 11.5. The van der Waals surface area contributed by atoms with Crippen LogP contribution in [0.5, 0.6) is 0 Å². The summed E-state index contributed by atoms with van der Waals surface area (Å²) in [4.78, 5) is 20.0. The summed E-state index contributed by atoms with van der Waals surface area (Å²) in [5, 5.41) is 14.8. The van der Waals surface area contributed by atoms with Crippen LogP contribution in [0, 0.1) is 0 Å². The quantitative estimate of drug-likeness (QED) is 0.326. The number of hydrogen-bond acceptors (Lipinski definition) is 6. The average Bonchev–Trinajstić information content (AvgIpc) is 3.27. The maximum Gasteiger partial charge on any atom is 0.260 e. The maximum absolute atomic E-state index is 13.0. The summed E-state index contributed by atoms with van der Waals surface area (Å²) in [5.74, 6) is -0.369. The first-order valence-corrected chi connectivity index (χ1v) is 13.4. The van der Waals surface area contributed by atoms with Gasteiger partial charge in [0, 0.05) is 67.3 Å². The minimum absolute atomic E-state index is 0. The van der Waals surface area contributed by atoms with Gasteiger partial charge in [0.05, 0.1) is 29.5 Å². The van der Waals surface area contributed by atoms with Crippen LogP contribution in [-0.2, 0) is 9.53 Å². The molecule has 204 valence electrons. The van der Waals surface area contributed by atoms with Crippen molar-refractivity contribution in [3.05, 3.63) is 76.8 Å². The molecule has 3 aliphatic heterocycles. The minimum Gasteiger partial charge on any atom is -0.506 e. The lowest BCUT2D eigenvalue weighted by molar-refractivity contribution is -0.110. The van der Waals surface area contributed by atoms with Gasteiger partial charge in [0.15, 0.2) is 0 Å². The fourth-order valence-electron chi connectivity index (χ4n) is 5.38. The zero-order valence-corrected chi connectivity index (χ0v) is 23.4. The summed E-state index contributed by atoms with van der Waals surface area (Å²) in [6, 6.07) is 19.7. The van der Waals surface area contributed by atoms with Crippen molar-refractivity contribution < 1.29 is 14.6 Å². The number of ether oxygens (including phenoxy) is 1. The summed E-state index contributed by atoms with van der Waals surface area (Å²) < 4.78 is 5.46. The second-order valence-electron chi connectivity index (χ2n) is 10.0. The van der Waals surface area contributed by atoms with E-state index in [9.17, 15) is 9.90 Å². The Hall–Kier alpha value is -3.23. The largest absolute Gasteiger partial charge is 0.506 e. The molecule has 3 aromatic carbocycles. The van der Waals surface area contributed by atoms with E-state index in [1.165, 1.54) is 0 Å². The molecular weight excluding hydrogens is 535 g/mol. The Morgan fingerprint density at radius 1 is 0.872 bits per heavy atom. The van der Waals surface area contributed by atoms with Crippen molar-refractivity contribution in [3.63, 3.8) is 0 Å². The van der Waals surface area contributed by atoms with Gasteiger partial charge in [-0.2, -0.15) is 0 Å². The number of amides is 1. The van der Waals surface area contributed by atoms with Gasteiger partial charge in [0.1, 0.15) is 5.76 Å². The summed E-state index contributed by atoms with van der Waals surface area (Å²) in [7, 11) is 2.12. The normalized spacial score (nSPS) is 18.9. The van der Waals surface area contributed by atoms with Crippen LogP contribution in [0.3, 0.4) is 0 Å². The first-order valence-electron chi connectivity index (χ1n) is 13.0. The number of morpholine rings is 1. The Labute approximate surface area is 240 Å². The number of carbonyl (C=O) groups excluding carboxylic acids is 1. The molecule has 0 unspecified atom stereocenters. The molecule has 0 spiro atoms. The van der Waals surface area contributed by atoms with E-state index in [2.05, 4.69) is 39.2 Å². The molecule has 0 aromatic heterocycles. The number of nitrogens with one attached hydrogen (secondary N) is 1. The third-order valence-corrected chi connectivity index (χ3v) is 7.94. The molecule has 7 nitrogen and oxygen atoms in total. The Bertz CT molecular complexity index is 1400. The number of nitrogens with zero attached hydrogens (tertiary/aromatic N) is 3. The Morgan fingerprint density at radius 3 is 2.28 bits per heavy atom. The van der Waals surface area contributed by atoms with Crippen molar-refractivity contribution in [2.24, 2.45) is 0 Å². The Morgan fingerprint density at radius 2 is 1.56 bits per heavy atom. The highest BCUT2D eigenvalue weighted by atomic mass is 35.5. The average molecular weight is 568 g/mol. The lowest BCUT2D eigenvalue weighted by Gasteiger charge is -2.34. The zero-order chi connectivity index (χ0) is 26.2. The fourth-order valence-corrected chi connectivity index (χ4v) is 5.65. The van der Waals surface area contributed by atoms with Gasteiger partial charge in [-0.25, -0.2) is 0 Å². The highest BCUT2D eigenvalue weighted by molar-refractivity contribution is 6.38. The van der Waals surface area contributed by atoms with E-state index in [1.54, 1.807) is 6.07 Å². The smallest absolute Gasteiger partial charge is 0.260 e. The molecule has 3 aromatic rings. The fraction of sp³-hybridized carbons (Fsp3) is 0.300. The van der Waals surface area contributed by atoms with Gasteiger partial charge in [-0.05, 0) is 49.0 Å². The summed E-state index contributed by atoms with van der Waals surface area (Å²) in [6.45, 7) is 7.03. The molecule has 0 aliphatic carbocycles. The van der Waals surface area contributed by atoms with Crippen molar-refractivity contribution >= 4 is 58.3 Å². The number of likely N-dealkylation sites (N-methyl/N-ethyl adjacent to an activating group) is 1. The van der Waals surface area contributed by atoms with Crippen molar-refractivity contribution in [2.45, 2.75) is 0 Å². The molecule has 0 radical (unpaired) electrons. The number of halogens is 2. The van der Waals surface area contributed by atoms with Gasteiger partial charge in [-0.3, -0.25) is 4.79 Å². The molecule has 0 saturated carbocycles. The highest BCUT2D eigenvalue weighted by Gasteiger charge is 2.30. The number of carbonyl (C=O) groups is 1. The molecule has 0 bridgehead atoms. The number of piperazine rings is 1. The van der Waals surface area contributed by atoms with E-state index in [0.717, 1.165) is 75.0 Å². The monoisotopic (exact) mass is 566 g/mol. The number of benzene rings is 3. The van der Waals surface area contributed by atoms with Crippen LogP contribution in [-0.4, -0.2) is 75.4 Å². The highest BCUT2D eigenvalue weighted by Crippen LogP contribution is 2.42. The summed E-state index contributed by atoms with van der Waals surface area (Å²) >= 11 is 6.67. The number of rotatable bonds is 4. The Balaban J connectivity index is 0.00000308. The van der Waals surface area contributed by atoms with Gasteiger partial charge >= 0.3 is 0 Å². The molecule has 9 heteroatoms. The standard InChI is InChI=1S/C30H31ClN4O3.ClH/c1-33-9-11-34(12-10-33)23-4-2-3-21(17-23)29(36)28-25-18-24(26(31)19-27(25)32-30(28)37)20-5-7-22(8-6-20)35-13-15-38-16-14-35;/h2-8,17-19,36H,9-16H2,1H3,(H,32,37);1H. The molecule has 0 atom stereocenters. The molecule has 6 rings (SSSR count). The van der Waals surface area contributed by atoms with E-state index in [4.69, 9.17) is 16.3 Å². The predicted molar refractivity (Wildman–Crippen MR) is 161 cm³/mol. The van der Waals surface area contributed by atoms with E-state index in [-0.39, 0.29) is 29.6 Å². The number of hydrogen-bond donors (Lipinski definition) is 2. The van der Waals surface area contributed by atoms with Crippen LogP contribution in [0.4, 0.5) is 17.1 Å².